The number of aromatic nitrogens is 1. The first-order valence-electron chi connectivity index (χ1n) is 4.89. The summed E-state index contributed by atoms with van der Waals surface area (Å²) in [5, 5.41) is 10.4. The molecule has 6 heteroatoms. The van der Waals surface area contributed by atoms with Gasteiger partial charge in [-0.2, -0.15) is 0 Å². The molecular formula is C12H7BrClNO2S. The van der Waals surface area contributed by atoms with Crippen molar-refractivity contribution in [1.82, 2.24) is 4.98 Å². The first-order valence-corrected chi connectivity index (χ1v) is 6.88. The third-order valence-electron chi connectivity index (χ3n) is 2.10. The summed E-state index contributed by atoms with van der Waals surface area (Å²) in [6, 6.07) is 8.70. The average Bonchev–Trinajstić information content (AvgIpc) is 2.32. The highest BCUT2D eigenvalue weighted by atomic mass is 79.9. The lowest BCUT2D eigenvalue weighted by molar-refractivity contribution is 0.0692. The van der Waals surface area contributed by atoms with Gasteiger partial charge in [-0.05, 0) is 40.2 Å². The Morgan fingerprint density at radius 1 is 1.33 bits per heavy atom. The molecule has 2 rings (SSSR count). The van der Waals surface area contributed by atoms with Crippen molar-refractivity contribution in [3.63, 3.8) is 0 Å². The second-order valence-electron chi connectivity index (χ2n) is 3.33. The maximum absolute atomic E-state index is 11.2. The van der Waals surface area contributed by atoms with Crippen molar-refractivity contribution < 1.29 is 9.90 Å². The van der Waals surface area contributed by atoms with Gasteiger partial charge in [0.05, 0.1) is 10.6 Å². The van der Waals surface area contributed by atoms with E-state index in [2.05, 4.69) is 20.9 Å². The van der Waals surface area contributed by atoms with Crippen molar-refractivity contribution >= 4 is 45.3 Å². The van der Waals surface area contributed by atoms with E-state index in [4.69, 9.17) is 11.6 Å². The van der Waals surface area contributed by atoms with E-state index in [1.807, 2.05) is 0 Å². The molecule has 0 saturated heterocycles. The summed E-state index contributed by atoms with van der Waals surface area (Å²) in [6.45, 7) is 0. The van der Waals surface area contributed by atoms with E-state index < -0.39 is 5.97 Å². The summed E-state index contributed by atoms with van der Waals surface area (Å²) in [5.41, 5.74) is 0.235. The van der Waals surface area contributed by atoms with Gasteiger partial charge in [0, 0.05) is 15.6 Å². The Morgan fingerprint density at radius 3 is 2.72 bits per heavy atom. The number of carbonyl (C=O) groups is 1. The quantitative estimate of drug-likeness (QED) is 0.899. The summed E-state index contributed by atoms with van der Waals surface area (Å²) in [6.07, 6.45) is 1.53. The van der Waals surface area contributed by atoms with Crippen molar-refractivity contribution in [2.75, 3.05) is 0 Å². The number of nitrogens with zero attached hydrogens (tertiary/aromatic N) is 1. The molecule has 18 heavy (non-hydrogen) atoms. The SMILES string of the molecule is O=C(O)c1c(Br)cccc1Sc1ccc(Cl)cn1. The second kappa shape index (κ2) is 5.73. The van der Waals surface area contributed by atoms with E-state index in [0.29, 0.717) is 19.4 Å². The Labute approximate surface area is 121 Å². The molecule has 0 bridgehead atoms. The zero-order chi connectivity index (χ0) is 13.1. The van der Waals surface area contributed by atoms with E-state index in [-0.39, 0.29) is 5.56 Å². The Bertz CT molecular complexity index is 589. The van der Waals surface area contributed by atoms with Gasteiger partial charge in [0.15, 0.2) is 0 Å². The molecule has 0 amide bonds. The van der Waals surface area contributed by atoms with Crippen LogP contribution in [-0.4, -0.2) is 16.1 Å². The lowest BCUT2D eigenvalue weighted by Crippen LogP contribution is -2.00. The van der Waals surface area contributed by atoms with E-state index in [9.17, 15) is 9.90 Å². The van der Waals surface area contributed by atoms with Gasteiger partial charge in [-0.1, -0.05) is 29.4 Å². The van der Waals surface area contributed by atoms with Gasteiger partial charge in [-0.3, -0.25) is 0 Å². The molecule has 0 fully saturated rings. The van der Waals surface area contributed by atoms with Crippen molar-refractivity contribution in [2.45, 2.75) is 9.92 Å². The number of benzene rings is 1. The largest absolute Gasteiger partial charge is 0.478 e. The van der Waals surface area contributed by atoms with Gasteiger partial charge in [0.25, 0.3) is 0 Å². The van der Waals surface area contributed by atoms with Crippen LogP contribution in [0.3, 0.4) is 0 Å². The van der Waals surface area contributed by atoms with Crippen molar-refractivity contribution in [3.05, 3.63) is 51.6 Å². The number of rotatable bonds is 3. The number of hydrogen-bond acceptors (Lipinski definition) is 3. The Hall–Kier alpha value is -1.04. The highest BCUT2D eigenvalue weighted by Crippen LogP contribution is 2.33. The van der Waals surface area contributed by atoms with Crippen molar-refractivity contribution in [2.24, 2.45) is 0 Å². The minimum atomic E-state index is -0.973. The van der Waals surface area contributed by atoms with Crippen molar-refractivity contribution in [3.8, 4) is 0 Å². The van der Waals surface area contributed by atoms with Gasteiger partial charge < -0.3 is 5.11 Å². The smallest absolute Gasteiger partial charge is 0.338 e. The molecule has 3 nitrogen and oxygen atoms in total. The second-order valence-corrected chi connectivity index (χ2v) is 5.69. The van der Waals surface area contributed by atoms with Gasteiger partial charge >= 0.3 is 5.97 Å². The van der Waals surface area contributed by atoms with Crippen LogP contribution in [0.1, 0.15) is 10.4 Å². The summed E-state index contributed by atoms with van der Waals surface area (Å²) in [7, 11) is 0. The van der Waals surface area contributed by atoms with Crippen molar-refractivity contribution in [1.29, 1.82) is 0 Å². The van der Waals surface area contributed by atoms with E-state index >= 15 is 0 Å². The fraction of sp³-hybridized carbons (Fsp3) is 0. The first-order chi connectivity index (χ1) is 8.58. The molecule has 0 aliphatic rings. The number of carboxylic acids is 1. The Morgan fingerprint density at radius 2 is 2.11 bits per heavy atom. The van der Waals surface area contributed by atoms with Crippen LogP contribution in [0.4, 0.5) is 0 Å². The minimum absolute atomic E-state index is 0.235. The number of aromatic carboxylic acids is 1. The van der Waals surface area contributed by atoms with E-state index in [1.54, 1.807) is 30.3 Å². The zero-order valence-electron chi connectivity index (χ0n) is 8.93. The summed E-state index contributed by atoms with van der Waals surface area (Å²) >= 11 is 10.3. The van der Waals surface area contributed by atoms with Crippen LogP contribution in [0.25, 0.3) is 0 Å². The predicted octanol–water partition coefficient (Wildman–Crippen LogP) is 4.35. The van der Waals surface area contributed by atoms with Crippen LogP contribution in [0.15, 0.2) is 50.9 Å². The van der Waals surface area contributed by atoms with Crippen LogP contribution in [0.2, 0.25) is 5.02 Å². The predicted molar refractivity (Wildman–Crippen MR) is 74.5 cm³/mol. The monoisotopic (exact) mass is 343 g/mol. The van der Waals surface area contributed by atoms with Crippen LogP contribution >= 0.6 is 39.3 Å². The van der Waals surface area contributed by atoms with Crippen LogP contribution in [0, 0.1) is 0 Å². The van der Waals surface area contributed by atoms with Gasteiger partial charge in [-0.25, -0.2) is 9.78 Å². The maximum Gasteiger partial charge on any atom is 0.338 e. The molecule has 0 aliphatic carbocycles. The van der Waals surface area contributed by atoms with Gasteiger partial charge in [0.2, 0.25) is 0 Å². The number of carboxylic acid groups (broad SMARTS) is 1. The Kier molecular flexibility index (Phi) is 4.27. The molecule has 2 aromatic rings. The molecule has 1 heterocycles. The van der Waals surface area contributed by atoms with Gasteiger partial charge in [-0.15, -0.1) is 0 Å². The van der Waals surface area contributed by atoms with Crippen LogP contribution in [-0.2, 0) is 0 Å². The topological polar surface area (TPSA) is 50.2 Å². The number of halogens is 2. The molecule has 92 valence electrons. The fourth-order valence-electron chi connectivity index (χ4n) is 1.33. The third kappa shape index (κ3) is 3.04. The normalized spacial score (nSPS) is 10.3. The van der Waals surface area contributed by atoms with E-state index in [0.717, 1.165) is 0 Å². The average molecular weight is 345 g/mol. The van der Waals surface area contributed by atoms with Crippen LogP contribution < -0.4 is 0 Å². The molecule has 0 unspecified atom stereocenters. The van der Waals surface area contributed by atoms with E-state index in [1.165, 1.54) is 18.0 Å². The molecule has 0 atom stereocenters. The molecule has 0 saturated carbocycles. The van der Waals surface area contributed by atoms with Crippen LogP contribution in [0.5, 0.6) is 0 Å². The standard InChI is InChI=1S/C12H7BrClNO2S/c13-8-2-1-3-9(11(8)12(16)17)18-10-5-4-7(14)6-15-10/h1-6H,(H,16,17). The summed E-state index contributed by atoms with van der Waals surface area (Å²) in [4.78, 5) is 16.0. The lowest BCUT2D eigenvalue weighted by atomic mass is 10.2. The van der Waals surface area contributed by atoms with Gasteiger partial charge in [0.1, 0.15) is 5.03 Å². The maximum atomic E-state index is 11.2. The Balaban J connectivity index is 2.37. The molecule has 0 spiro atoms. The lowest BCUT2D eigenvalue weighted by Gasteiger charge is -2.06. The molecule has 0 radical (unpaired) electrons. The molecule has 1 aromatic carbocycles. The minimum Gasteiger partial charge on any atom is -0.478 e. The molecule has 1 N–H and O–H groups in total. The fourth-order valence-corrected chi connectivity index (χ4v) is 3.02. The number of hydrogen-bond donors (Lipinski definition) is 1. The highest BCUT2D eigenvalue weighted by Gasteiger charge is 2.15. The third-order valence-corrected chi connectivity index (χ3v) is 4.00. The number of pyridine rings is 1. The first kappa shape index (κ1) is 13.4. The molecule has 0 aliphatic heterocycles. The zero-order valence-corrected chi connectivity index (χ0v) is 12.1. The summed E-state index contributed by atoms with van der Waals surface area (Å²) in [5.74, 6) is -0.973. The molecule has 1 aromatic heterocycles. The molecular weight excluding hydrogens is 338 g/mol. The summed E-state index contributed by atoms with van der Waals surface area (Å²) < 4.78 is 0.550. The highest BCUT2D eigenvalue weighted by molar-refractivity contribution is 9.10.